The Morgan fingerprint density at radius 3 is 2.56 bits per heavy atom. The number of nitrogens with one attached hydrogen (secondary N) is 3. The first-order chi connectivity index (χ1) is 12.3. The van der Waals surface area contributed by atoms with Crippen LogP contribution in [0.3, 0.4) is 0 Å². The Balaban J connectivity index is 1.52. The Morgan fingerprint density at radius 2 is 1.72 bits per heavy atom. The van der Waals surface area contributed by atoms with Crippen molar-refractivity contribution in [2.75, 3.05) is 10.6 Å². The molecule has 0 aliphatic carbocycles. The molecule has 3 N–H and O–H groups in total. The van der Waals surface area contributed by atoms with E-state index < -0.39 is 0 Å². The summed E-state index contributed by atoms with van der Waals surface area (Å²) in [6, 6.07) is 24.0. The molecule has 1 aromatic heterocycles. The summed E-state index contributed by atoms with van der Waals surface area (Å²) in [5, 5.41) is 7.30. The van der Waals surface area contributed by atoms with E-state index >= 15 is 0 Å². The van der Waals surface area contributed by atoms with E-state index in [0.29, 0.717) is 11.0 Å². The first-order valence-corrected chi connectivity index (χ1v) is 8.45. The topological polar surface area (TPSA) is 52.7 Å². The van der Waals surface area contributed by atoms with Crippen molar-refractivity contribution < 1.29 is 0 Å². The van der Waals surface area contributed by atoms with E-state index in [1.54, 1.807) is 0 Å². The maximum absolute atomic E-state index is 6.19. The molecule has 5 heteroatoms. The molecule has 124 valence electrons. The van der Waals surface area contributed by atoms with Gasteiger partial charge in [-0.05, 0) is 42.0 Å². The number of halogens is 1. The molecule has 0 fully saturated rings. The Kier molecular flexibility index (Phi) is 4.27. The number of imidazole rings is 1. The molecule has 0 saturated heterocycles. The number of rotatable bonds is 5. The fourth-order valence-electron chi connectivity index (χ4n) is 2.68. The third-order valence-corrected chi connectivity index (χ3v) is 4.27. The number of aromatic nitrogens is 2. The highest BCUT2D eigenvalue weighted by Gasteiger charge is 2.06. The number of para-hydroxylation sites is 2. The van der Waals surface area contributed by atoms with Gasteiger partial charge in [-0.3, -0.25) is 0 Å². The van der Waals surface area contributed by atoms with Crippen LogP contribution in [0.2, 0.25) is 5.02 Å². The van der Waals surface area contributed by atoms with Crippen molar-refractivity contribution in [1.82, 2.24) is 9.97 Å². The number of hydrogen-bond donors (Lipinski definition) is 3. The first kappa shape index (κ1) is 15.5. The van der Waals surface area contributed by atoms with E-state index in [1.165, 1.54) is 5.56 Å². The zero-order chi connectivity index (χ0) is 17.1. The van der Waals surface area contributed by atoms with Crippen LogP contribution in [-0.2, 0) is 6.54 Å². The minimum absolute atomic E-state index is 0.663. The van der Waals surface area contributed by atoms with Crippen molar-refractivity contribution in [3.63, 3.8) is 0 Å². The third-order valence-electron chi connectivity index (χ3n) is 3.94. The second kappa shape index (κ2) is 6.87. The van der Waals surface area contributed by atoms with Crippen LogP contribution in [0.4, 0.5) is 17.3 Å². The molecule has 4 rings (SSSR count). The molecule has 1 heterocycles. The normalized spacial score (nSPS) is 10.8. The van der Waals surface area contributed by atoms with Crippen LogP contribution < -0.4 is 10.6 Å². The van der Waals surface area contributed by atoms with E-state index in [4.69, 9.17) is 11.6 Å². The molecule has 4 nitrogen and oxygen atoms in total. The highest BCUT2D eigenvalue weighted by molar-refractivity contribution is 6.33. The molecule has 0 saturated carbocycles. The van der Waals surface area contributed by atoms with Gasteiger partial charge in [0.25, 0.3) is 0 Å². The second-order valence-electron chi connectivity index (χ2n) is 5.76. The predicted molar refractivity (Wildman–Crippen MR) is 105 cm³/mol. The van der Waals surface area contributed by atoms with E-state index in [2.05, 4.69) is 44.9 Å². The average Bonchev–Trinajstić information content (AvgIpc) is 3.04. The minimum atomic E-state index is 0.663. The van der Waals surface area contributed by atoms with Crippen molar-refractivity contribution in [2.45, 2.75) is 6.54 Å². The van der Waals surface area contributed by atoms with Crippen molar-refractivity contribution in [1.29, 1.82) is 0 Å². The number of aromatic amines is 1. The summed E-state index contributed by atoms with van der Waals surface area (Å²) in [5.41, 5.74) is 5.02. The molecule has 0 radical (unpaired) electrons. The van der Waals surface area contributed by atoms with Crippen molar-refractivity contribution in [3.05, 3.63) is 83.4 Å². The highest BCUT2D eigenvalue weighted by atomic mass is 35.5. The van der Waals surface area contributed by atoms with E-state index in [-0.39, 0.29) is 0 Å². The Hall–Kier alpha value is -2.98. The third kappa shape index (κ3) is 3.59. The fraction of sp³-hybridized carbons (Fsp3) is 0.0500. The Morgan fingerprint density at radius 1 is 0.920 bits per heavy atom. The molecular formula is C20H17ClN4. The predicted octanol–water partition coefficient (Wildman–Crippen LogP) is 5.57. The standard InChI is InChI=1S/C20H17ClN4/c21-16-8-4-5-9-17(16)23-20-24-18-11-10-14(12-19(18)25-20)13-22-15-6-2-1-3-7-15/h1-12,22H,13H2,(H2,23,24,25). The maximum atomic E-state index is 6.19. The van der Waals surface area contributed by atoms with Gasteiger partial charge in [0.15, 0.2) is 0 Å². The SMILES string of the molecule is Clc1ccccc1Nc1nc2ccc(CNc3ccccc3)cc2[nH]1. The van der Waals surface area contributed by atoms with E-state index in [9.17, 15) is 0 Å². The van der Waals surface area contributed by atoms with Gasteiger partial charge in [-0.15, -0.1) is 0 Å². The quantitative estimate of drug-likeness (QED) is 0.442. The maximum Gasteiger partial charge on any atom is 0.205 e. The van der Waals surface area contributed by atoms with E-state index in [1.807, 2.05) is 48.5 Å². The summed E-state index contributed by atoms with van der Waals surface area (Å²) in [7, 11) is 0. The summed E-state index contributed by atoms with van der Waals surface area (Å²) in [5.74, 6) is 0.677. The fourth-order valence-corrected chi connectivity index (χ4v) is 2.86. The van der Waals surface area contributed by atoms with Gasteiger partial charge >= 0.3 is 0 Å². The number of nitrogens with zero attached hydrogens (tertiary/aromatic N) is 1. The largest absolute Gasteiger partial charge is 0.381 e. The lowest BCUT2D eigenvalue weighted by molar-refractivity contribution is 1.15. The molecule has 25 heavy (non-hydrogen) atoms. The van der Waals surface area contributed by atoms with Crippen LogP contribution in [0, 0.1) is 0 Å². The molecule has 0 amide bonds. The molecule has 0 aliphatic rings. The van der Waals surface area contributed by atoms with Crippen LogP contribution in [0.15, 0.2) is 72.8 Å². The Bertz CT molecular complexity index is 995. The van der Waals surface area contributed by atoms with Gasteiger partial charge in [0.2, 0.25) is 5.95 Å². The first-order valence-electron chi connectivity index (χ1n) is 8.07. The lowest BCUT2D eigenvalue weighted by atomic mass is 10.2. The summed E-state index contributed by atoms with van der Waals surface area (Å²) in [6.45, 7) is 0.756. The van der Waals surface area contributed by atoms with Crippen LogP contribution in [-0.4, -0.2) is 9.97 Å². The molecule has 4 aromatic rings. The van der Waals surface area contributed by atoms with Gasteiger partial charge in [-0.25, -0.2) is 4.98 Å². The molecule has 0 unspecified atom stereocenters. The number of hydrogen-bond acceptors (Lipinski definition) is 3. The summed E-state index contributed by atoms with van der Waals surface area (Å²) in [6.07, 6.45) is 0. The zero-order valence-corrected chi connectivity index (χ0v) is 14.2. The van der Waals surface area contributed by atoms with Gasteiger partial charge in [-0.1, -0.05) is 48.0 Å². The summed E-state index contributed by atoms with van der Waals surface area (Å²) in [4.78, 5) is 7.86. The van der Waals surface area contributed by atoms with Gasteiger partial charge < -0.3 is 15.6 Å². The molecular weight excluding hydrogens is 332 g/mol. The van der Waals surface area contributed by atoms with Crippen LogP contribution >= 0.6 is 11.6 Å². The molecule has 0 atom stereocenters. The number of benzene rings is 3. The van der Waals surface area contributed by atoms with Crippen molar-refractivity contribution >= 4 is 40.0 Å². The minimum Gasteiger partial charge on any atom is -0.381 e. The zero-order valence-electron chi connectivity index (χ0n) is 13.5. The average molecular weight is 349 g/mol. The monoisotopic (exact) mass is 348 g/mol. The lowest BCUT2D eigenvalue weighted by Crippen LogP contribution is -1.98. The molecule has 3 aromatic carbocycles. The molecule has 0 aliphatic heterocycles. The van der Waals surface area contributed by atoms with Crippen LogP contribution in [0.25, 0.3) is 11.0 Å². The lowest BCUT2D eigenvalue weighted by Gasteiger charge is -2.06. The Labute approximate surface area is 150 Å². The second-order valence-corrected chi connectivity index (χ2v) is 6.17. The van der Waals surface area contributed by atoms with E-state index in [0.717, 1.165) is 29.0 Å². The summed E-state index contributed by atoms with van der Waals surface area (Å²) >= 11 is 6.19. The van der Waals surface area contributed by atoms with Crippen LogP contribution in [0.5, 0.6) is 0 Å². The highest BCUT2D eigenvalue weighted by Crippen LogP contribution is 2.25. The smallest absolute Gasteiger partial charge is 0.205 e. The van der Waals surface area contributed by atoms with Crippen molar-refractivity contribution in [2.24, 2.45) is 0 Å². The summed E-state index contributed by atoms with van der Waals surface area (Å²) < 4.78 is 0. The number of fused-ring (bicyclic) bond motifs is 1. The number of H-pyrrole nitrogens is 1. The molecule has 0 spiro atoms. The van der Waals surface area contributed by atoms with Gasteiger partial charge in [-0.2, -0.15) is 0 Å². The van der Waals surface area contributed by atoms with Gasteiger partial charge in [0.1, 0.15) is 0 Å². The van der Waals surface area contributed by atoms with Crippen LogP contribution in [0.1, 0.15) is 5.56 Å². The van der Waals surface area contributed by atoms with Gasteiger partial charge in [0.05, 0.1) is 21.7 Å². The molecule has 0 bridgehead atoms. The number of anilines is 3. The van der Waals surface area contributed by atoms with Crippen molar-refractivity contribution in [3.8, 4) is 0 Å². The van der Waals surface area contributed by atoms with Gasteiger partial charge in [0, 0.05) is 12.2 Å².